The van der Waals surface area contributed by atoms with E-state index in [9.17, 15) is 4.79 Å². The maximum Gasteiger partial charge on any atom is 0.251 e. The van der Waals surface area contributed by atoms with Gasteiger partial charge in [0.1, 0.15) is 0 Å². The Hall–Kier alpha value is -0.680. The number of nitrogens with two attached hydrogens (primary N) is 1. The third kappa shape index (κ3) is 4.24. The molecule has 1 aromatic rings. The molecule has 0 spiro atoms. The van der Waals surface area contributed by atoms with Crippen LogP contribution in [-0.4, -0.2) is 24.5 Å². The zero-order valence-electron chi connectivity index (χ0n) is 10.0. The van der Waals surface area contributed by atoms with Crippen LogP contribution in [0, 0.1) is 6.92 Å². The molecule has 0 aliphatic carbocycles. The summed E-state index contributed by atoms with van der Waals surface area (Å²) in [7, 11) is 0. The van der Waals surface area contributed by atoms with Crippen LogP contribution in [0.4, 0.5) is 5.69 Å². The van der Waals surface area contributed by atoms with Gasteiger partial charge in [0.2, 0.25) is 0 Å². The summed E-state index contributed by atoms with van der Waals surface area (Å²) in [5.74, 6) is 0.997. The number of nitrogens with one attached hydrogen (secondary N) is 1. The summed E-state index contributed by atoms with van der Waals surface area (Å²) in [5.41, 5.74) is 7.92. The van der Waals surface area contributed by atoms with Gasteiger partial charge in [-0.25, -0.2) is 0 Å². The number of thioether (sulfide) groups is 1. The first-order valence-electron chi connectivity index (χ1n) is 5.39. The van der Waals surface area contributed by atoms with E-state index in [1.54, 1.807) is 23.9 Å². The van der Waals surface area contributed by atoms with Crippen LogP contribution >= 0.6 is 27.7 Å². The van der Waals surface area contributed by atoms with E-state index < -0.39 is 0 Å². The number of amides is 1. The molecule has 0 atom stereocenters. The molecule has 0 unspecified atom stereocenters. The molecule has 0 saturated heterocycles. The molecule has 0 aliphatic rings. The molecule has 1 aromatic carbocycles. The third-order valence-electron chi connectivity index (χ3n) is 2.47. The molecule has 0 radical (unpaired) electrons. The van der Waals surface area contributed by atoms with Crippen molar-refractivity contribution in [2.24, 2.45) is 0 Å². The summed E-state index contributed by atoms with van der Waals surface area (Å²) in [6, 6.07) is 3.61. The summed E-state index contributed by atoms with van der Waals surface area (Å²) < 4.78 is 0.829. The lowest BCUT2D eigenvalue weighted by Crippen LogP contribution is -2.25. The normalized spacial score (nSPS) is 10.3. The largest absolute Gasteiger partial charge is 0.398 e. The Labute approximate surface area is 115 Å². The first-order chi connectivity index (χ1) is 8.06. The lowest BCUT2D eigenvalue weighted by atomic mass is 10.1. The molecule has 0 aromatic heterocycles. The van der Waals surface area contributed by atoms with Crippen molar-refractivity contribution in [1.82, 2.24) is 5.32 Å². The minimum absolute atomic E-state index is 0.0587. The van der Waals surface area contributed by atoms with Crippen LogP contribution in [-0.2, 0) is 0 Å². The van der Waals surface area contributed by atoms with Crippen molar-refractivity contribution in [3.63, 3.8) is 0 Å². The standard InChI is InChI=1S/C12H17BrN2OS/c1-8-10(6-9(13)7-11(8)14)12(16)15-4-3-5-17-2/h6-7H,3-5,14H2,1-2H3,(H,15,16). The Balaban J connectivity index is 2.69. The Morgan fingerprint density at radius 2 is 2.24 bits per heavy atom. The van der Waals surface area contributed by atoms with Gasteiger partial charge < -0.3 is 11.1 Å². The molecule has 94 valence electrons. The van der Waals surface area contributed by atoms with E-state index in [0.717, 1.165) is 22.2 Å². The van der Waals surface area contributed by atoms with E-state index in [4.69, 9.17) is 5.73 Å². The minimum atomic E-state index is -0.0587. The van der Waals surface area contributed by atoms with Gasteiger partial charge in [-0.3, -0.25) is 4.79 Å². The summed E-state index contributed by atoms with van der Waals surface area (Å²) in [4.78, 5) is 11.9. The molecule has 5 heteroatoms. The fourth-order valence-corrected chi connectivity index (χ4v) is 2.36. The van der Waals surface area contributed by atoms with Gasteiger partial charge in [0.05, 0.1) is 0 Å². The molecule has 17 heavy (non-hydrogen) atoms. The van der Waals surface area contributed by atoms with Crippen molar-refractivity contribution in [2.45, 2.75) is 13.3 Å². The molecule has 0 fully saturated rings. The van der Waals surface area contributed by atoms with Gasteiger partial charge in [0.15, 0.2) is 0 Å². The van der Waals surface area contributed by atoms with Crippen LogP contribution in [0.2, 0.25) is 0 Å². The third-order valence-corrected chi connectivity index (χ3v) is 3.62. The van der Waals surface area contributed by atoms with Gasteiger partial charge in [0, 0.05) is 22.3 Å². The number of hydrogen-bond donors (Lipinski definition) is 2. The molecular weight excluding hydrogens is 300 g/mol. The quantitative estimate of drug-likeness (QED) is 0.648. The van der Waals surface area contributed by atoms with Crippen LogP contribution in [0.25, 0.3) is 0 Å². The minimum Gasteiger partial charge on any atom is -0.398 e. The highest BCUT2D eigenvalue weighted by atomic mass is 79.9. The second kappa shape index (κ2) is 6.91. The topological polar surface area (TPSA) is 55.1 Å². The molecule has 1 amide bonds. The molecule has 3 N–H and O–H groups in total. The predicted molar refractivity (Wildman–Crippen MR) is 78.6 cm³/mol. The molecule has 1 rings (SSSR count). The van der Waals surface area contributed by atoms with Crippen LogP contribution in [0.1, 0.15) is 22.3 Å². The zero-order chi connectivity index (χ0) is 12.8. The number of halogens is 1. The van der Waals surface area contributed by atoms with Crippen LogP contribution in [0.5, 0.6) is 0 Å². The van der Waals surface area contributed by atoms with Crippen molar-refractivity contribution in [3.05, 3.63) is 27.7 Å². The first kappa shape index (κ1) is 14.4. The van der Waals surface area contributed by atoms with Crippen LogP contribution < -0.4 is 11.1 Å². The molecule has 0 aliphatic heterocycles. The average Bonchev–Trinajstić information content (AvgIpc) is 2.29. The smallest absolute Gasteiger partial charge is 0.251 e. The Morgan fingerprint density at radius 1 is 1.53 bits per heavy atom. The Kier molecular flexibility index (Phi) is 5.85. The van der Waals surface area contributed by atoms with E-state index >= 15 is 0 Å². The highest BCUT2D eigenvalue weighted by Crippen LogP contribution is 2.22. The fraction of sp³-hybridized carbons (Fsp3) is 0.417. The summed E-state index contributed by atoms with van der Waals surface area (Å²) in [5, 5.41) is 2.90. The van der Waals surface area contributed by atoms with E-state index in [1.807, 2.05) is 6.92 Å². The fourth-order valence-electron chi connectivity index (χ4n) is 1.45. The van der Waals surface area contributed by atoms with Crippen molar-refractivity contribution in [1.29, 1.82) is 0 Å². The monoisotopic (exact) mass is 316 g/mol. The number of hydrogen-bond acceptors (Lipinski definition) is 3. The SMILES string of the molecule is CSCCCNC(=O)c1cc(Br)cc(N)c1C. The number of anilines is 1. The van der Waals surface area contributed by atoms with E-state index in [-0.39, 0.29) is 5.91 Å². The van der Waals surface area contributed by atoms with Crippen molar-refractivity contribution >= 4 is 39.3 Å². The van der Waals surface area contributed by atoms with E-state index in [0.29, 0.717) is 17.8 Å². The van der Waals surface area contributed by atoms with Crippen molar-refractivity contribution in [3.8, 4) is 0 Å². The maximum atomic E-state index is 11.9. The van der Waals surface area contributed by atoms with Crippen molar-refractivity contribution < 1.29 is 4.79 Å². The summed E-state index contributed by atoms with van der Waals surface area (Å²) in [6.07, 6.45) is 3.04. The average molecular weight is 317 g/mol. The zero-order valence-corrected chi connectivity index (χ0v) is 12.5. The number of rotatable bonds is 5. The maximum absolute atomic E-state index is 11.9. The molecule has 3 nitrogen and oxygen atoms in total. The van der Waals surface area contributed by atoms with Crippen LogP contribution in [0.15, 0.2) is 16.6 Å². The lowest BCUT2D eigenvalue weighted by molar-refractivity contribution is 0.0953. The number of benzene rings is 1. The highest BCUT2D eigenvalue weighted by Gasteiger charge is 2.11. The van der Waals surface area contributed by atoms with Gasteiger partial charge in [-0.15, -0.1) is 0 Å². The molecule has 0 saturated carbocycles. The Bertz CT molecular complexity index is 410. The molecule has 0 bridgehead atoms. The van der Waals surface area contributed by atoms with E-state index in [1.165, 1.54) is 0 Å². The number of carbonyl (C=O) groups excluding carboxylic acids is 1. The van der Waals surface area contributed by atoms with E-state index in [2.05, 4.69) is 27.5 Å². The van der Waals surface area contributed by atoms with Gasteiger partial charge in [-0.05, 0) is 43.0 Å². The van der Waals surface area contributed by atoms with Gasteiger partial charge >= 0.3 is 0 Å². The first-order valence-corrected chi connectivity index (χ1v) is 7.57. The Morgan fingerprint density at radius 3 is 2.88 bits per heavy atom. The summed E-state index contributed by atoms with van der Waals surface area (Å²) in [6.45, 7) is 2.56. The van der Waals surface area contributed by atoms with Crippen molar-refractivity contribution in [2.75, 3.05) is 24.3 Å². The lowest BCUT2D eigenvalue weighted by Gasteiger charge is -2.10. The predicted octanol–water partition coefficient (Wildman–Crippen LogP) is 2.82. The molecular formula is C12H17BrN2OS. The summed E-state index contributed by atoms with van der Waals surface area (Å²) >= 11 is 5.12. The number of nitrogen functional groups attached to an aromatic ring is 1. The van der Waals surface area contributed by atoms with Crippen LogP contribution in [0.3, 0.4) is 0 Å². The highest BCUT2D eigenvalue weighted by molar-refractivity contribution is 9.10. The number of carbonyl (C=O) groups is 1. The van der Waals surface area contributed by atoms with Gasteiger partial charge in [-0.1, -0.05) is 15.9 Å². The second-order valence-electron chi connectivity index (χ2n) is 3.77. The molecule has 0 heterocycles. The van der Waals surface area contributed by atoms with Gasteiger partial charge in [0.25, 0.3) is 5.91 Å². The second-order valence-corrected chi connectivity index (χ2v) is 5.67. The van der Waals surface area contributed by atoms with Gasteiger partial charge in [-0.2, -0.15) is 11.8 Å².